The highest BCUT2D eigenvalue weighted by molar-refractivity contribution is 5.74. The predicted molar refractivity (Wildman–Crippen MR) is 80.1 cm³/mol. The maximum absolute atomic E-state index is 11.9. The molecule has 0 radical (unpaired) electrons. The SMILES string of the molecule is CCCNC(=O)N[C@@H]1CC(C)(C)Oc2ccc(C)cc21. The normalized spacial score (nSPS) is 19.7. The van der Waals surface area contributed by atoms with Crippen molar-refractivity contribution >= 4 is 6.03 Å². The summed E-state index contributed by atoms with van der Waals surface area (Å²) < 4.78 is 6.00. The van der Waals surface area contributed by atoms with Crippen LogP contribution in [-0.4, -0.2) is 18.2 Å². The van der Waals surface area contributed by atoms with E-state index in [0.717, 1.165) is 24.2 Å². The van der Waals surface area contributed by atoms with E-state index in [1.54, 1.807) is 0 Å². The zero-order chi connectivity index (χ0) is 14.8. The summed E-state index contributed by atoms with van der Waals surface area (Å²) in [5, 5.41) is 5.92. The zero-order valence-corrected chi connectivity index (χ0v) is 12.7. The molecular formula is C16H24N2O2. The largest absolute Gasteiger partial charge is 0.487 e. The van der Waals surface area contributed by atoms with Crippen LogP contribution >= 0.6 is 0 Å². The Bertz CT molecular complexity index is 497. The van der Waals surface area contributed by atoms with Crippen LogP contribution in [0.2, 0.25) is 0 Å². The van der Waals surface area contributed by atoms with Gasteiger partial charge in [-0.05, 0) is 33.3 Å². The minimum Gasteiger partial charge on any atom is -0.487 e. The Labute approximate surface area is 120 Å². The van der Waals surface area contributed by atoms with Gasteiger partial charge >= 0.3 is 6.03 Å². The number of rotatable bonds is 3. The first-order valence-corrected chi connectivity index (χ1v) is 7.25. The fourth-order valence-electron chi connectivity index (χ4n) is 2.55. The third-order valence-corrected chi connectivity index (χ3v) is 3.46. The molecule has 110 valence electrons. The minimum atomic E-state index is -0.273. The number of aryl methyl sites for hydroxylation is 1. The number of fused-ring (bicyclic) bond motifs is 1. The number of carbonyl (C=O) groups excluding carboxylic acids is 1. The van der Waals surface area contributed by atoms with E-state index in [0.29, 0.717) is 6.54 Å². The van der Waals surface area contributed by atoms with E-state index in [1.807, 2.05) is 26.0 Å². The molecule has 20 heavy (non-hydrogen) atoms. The lowest BCUT2D eigenvalue weighted by Gasteiger charge is -2.38. The first-order chi connectivity index (χ1) is 9.41. The second-order valence-electron chi connectivity index (χ2n) is 6.06. The molecule has 1 aromatic carbocycles. The Morgan fingerprint density at radius 3 is 2.90 bits per heavy atom. The van der Waals surface area contributed by atoms with Gasteiger partial charge in [0.1, 0.15) is 11.4 Å². The van der Waals surface area contributed by atoms with Gasteiger partial charge in [-0.1, -0.05) is 24.6 Å². The molecule has 0 saturated carbocycles. The third-order valence-electron chi connectivity index (χ3n) is 3.46. The summed E-state index contributed by atoms with van der Waals surface area (Å²) in [7, 11) is 0. The molecule has 2 N–H and O–H groups in total. The molecule has 1 aliphatic heterocycles. The van der Waals surface area contributed by atoms with Crippen molar-refractivity contribution in [2.45, 2.75) is 52.2 Å². The minimum absolute atomic E-state index is 0.00879. The van der Waals surface area contributed by atoms with E-state index in [2.05, 4.69) is 30.5 Å². The number of hydrogen-bond donors (Lipinski definition) is 2. The van der Waals surface area contributed by atoms with Crippen LogP contribution in [0.5, 0.6) is 5.75 Å². The number of hydrogen-bond acceptors (Lipinski definition) is 2. The second-order valence-corrected chi connectivity index (χ2v) is 6.06. The highest BCUT2D eigenvalue weighted by atomic mass is 16.5. The maximum atomic E-state index is 11.9. The molecule has 1 atom stereocenters. The van der Waals surface area contributed by atoms with Crippen LogP contribution < -0.4 is 15.4 Å². The Morgan fingerprint density at radius 1 is 1.45 bits per heavy atom. The molecule has 4 heteroatoms. The van der Waals surface area contributed by atoms with E-state index in [-0.39, 0.29) is 17.7 Å². The van der Waals surface area contributed by atoms with E-state index in [9.17, 15) is 4.79 Å². The number of benzene rings is 1. The monoisotopic (exact) mass is 276 g/mol. The molecule has 2 rings (SSSR count). The van der Waals surface area contributed by atoms with Crippen molar-refractivity contribution < 1.29 is 9.53 Å². The van der Waals surface area contributed by atoms with Crippen LogP contribution in [0.25, 0.3) is 0 Å². The summed E-state index contributed by atoms with van der Waals surface area (Å²) in [4.78, 5) is 11.9. The molecule has 0 spiro atoms. The number of carbonyl (C=O) groups is 1. The zero-order valence-electron chi connectivity index (χ0n) is 12.7. The summed E-state index contributed by atoms with van der Waals surface area (Å²) >= 11 is 0. The lowest BCUT2D eigenvalue weighted by molar-refractivity contribution is 0.0678. The quantitative estimate of drug-likeness (QED) is 0.890. The Morgan fingerprint density at radius 2 is 2.20 bits per heavy atom. The summed E-state index contributed by atoms with van der Waals surface area (Å²) in [5.74, 6) is 0.868. The summed E-state index contributed by atoms with van der Waals surface area (Å²) in [6.07, 6.45) is 1.70. The van der Waals surface area contributed by atoms with E-state index in [1.165, 1.54) is 5.56 Å². The maximum Gasteiger partial charge on any atom is 0.315 e. The predicted octanol–water partition coefficient (Wildman–Crippen LogP) is 3.31. The Hall–Kier alpha value is -1.71. The molecular weight excluding hydrogens is 252 g/mol. The molecule has 0 unspecified atom stereocenters. The van der Waals surface area contributed by atoms with Gasteiger partial charge in [0.15, 0.2) is 0 Å². The molecule has 0 fully saturated rings. The van der Waals surface area contributed by atoms with Gasteiger partial charge in [-0.2, -0.15) is 0 Å². The summed E-state index contributed by atoms with van der Waals surface area (Å²) in [6.45, 7) is 8.88. The van der Waals surface area contributed by atoms with E-state index in [4.69, 9.17) is 4.74 Å². The summed E-state index contributed by atoms with van der Waals surface area (Å²) in [6, 6.07) is 6.00. The van der Waals surface area contributed by atoms with E-state index >= 15 is 0 Å². The van der Waals surface area contributed by atoms with Gasteiger partial charge in [0.2, 0.25) is 0 Å². The molecule has 0 aromatic heterocycles. The number of ether oxygens (including phenoxy) is 1. The fraction of sp³-hybridized carbons (Fsp3) is 0.562. The van der Waals surface area contributed by atoms with Crippen molar-refractivity contribution in [2.75, 3.05) is 6.54 Å². The number of nitrogens with one attached hydrogen (secondary N) is 2. The summed E-state index contributed by atoms with van der Waals surface area (Å²) in [5.41, 5.74) is 1.97. The van der Waals surface area contributed by atoms with Crippen LogP contribution in [0.1, 0.15) is 50.8 Å². The van der Waals surface area contributed by atoms with Crippen molar-refractivity contribution in [1.29, 1.82) is 0 Å². The van der Waals surface area contributed by atoms with Gasteiger partial charge in [-0.3, -0.25) is 0 Å². The molecule has 0 bridgehead atoms. The van der Waals surface area contributed by atoms with Crippen LogP contribution in [0.15, 0.2) is 18.2 Å². The van der Waals surface area contributed by atoms with Crippen LogP contribution in [0.3, 0.4) is 0 Å². The number of amides is 2. The Balaban J connectivity index is 2.20. The molecule has 4 nitrogen and oxygen atoms in total. The molecule has 1 aliphatic rings. The van der Waals surface area contributed by atoms with Gasteiger partial charge in [-0.25, -0.2) is 4.79 Å². The average molecular weight is 276 g/mol. The van der Waals surface area contributed by atoms with Crippen molar-refractivity contribution in [3.05, 3.63) is 29.3 Å². The smallest absolute Gasteiger partial charge is 0.315 e. The van der Waals surface area contributed by atoms with Crippen LogP contribution in [0.4, 0.5) is 4.79 Å². The van der Waals surface area contributed by atoms with Gasteiger partial charge in [0, 0.05) is 18.5 Å². The standard InChI is InChI=1S/C16H24N2O2/c1-5-8-17-15(19)18-13-10-16(3,4)20-14-7-6-11(2)9-12(13)14/h6-7,9,13H,5,8,10H2,1-4H3,(H2,17,18,19)/t13-/m1/s1. The topological polar surface area (TPSA) is 50.4 Å². The van der Waals surface area contributed by atoms with Gasteiger partial charge in [0.25, 0.3) is 0 Å². The van der Waals surface area contributed by atoms with Crippen LogP contribution in [-0.2, 0) is 0 Å². The fourth-order valence-corrected chi connectivity index (χ4v) is 2.55. The lowest BCUT2D eigenvalue weighted by Crippen LogP contribution is -2.44. The average Bonchev–Trinajstić information content (AvgIpc) is 2.36. The second kappa shape index (κ2) is 5.73. The molecule has 1 heterocycles. The molecule has 1 aromatic rings. The van der Waals surface area contributed by atoms with Gasteiger partial charge < -0.3 is 15.4 Å². The van der Waals surface area contributed by atoms with Crippen molar-refractivity contribution in [3.8, 4) is 5.75 Å². The molecule has 0 saturated heterocycles. The van der Waals surface area contributed by atoms with Crippen molar-refractivity contribution in [2.24, 2.45) is 0 Å². The highest BCUT2D eigenvalue weighted by Crippen LogP contribution is 2.39. The Kier molecular flexibility index (Phi) is 4.21. The molecule has 0 aliphatic carbocycles. The number of urea groups is 1. The molecule has 2 amide bonds. The first-order valence-electron chi connectivity index (χ1n) is 7.25. The van der Waals surface area contributed by atoms with Crippen LogP contribution in [0, 0.1) is 6.92 Å². The highest BCUT2D eigenvalue weighted by Gasteiger charge is 2.34. The third kappa shape index (κ3) is 3.44. The van der Waals surface area contributed by atoms with Gasteiger partial charge in [0.05, 0.1) is 6.04 Å². The van der Waals surface area contributed by atoms with Gasteiger partial charge in [-0.15, -0.1) is 0 Å². The van der Waals surface area contributed by atoms with Crippen molar-refractivity contribution in [3.63, 3.8) is 0 Å². The first kappa shape index (κ1) is 14.7. The van der Waals surface area contributed by atoms with E-state index < -0.39 is 0 Å². The lowest BCUT2D eigenvalue weighted by atomic mass is 9.89. The van der Waals surface area contributed by atoms with Crippen molar-refractivity contribution in [1.82, 2.24) is 10.6 Å².